The van der Waals surface area contributed by atoms with Crippen LogP contribution in [0.15, 0.2) is 24.3 Å². The fraction of sp³-hybridized carbons (Fsp3) is 0.588. The third-order valence-electron chi connectivity index (χ3n) is 4.18. The van der Waals surface area contributed by atoms with Gasteiger partial charge in [-0.15, -0.1) is 0 Å². The summed E-state index contributed by atoms with van der Waals surface area (Å²) in [5.74, 6) is 0.598. The zero-order chi connectivity index (χ0) is 14.7. The highest BCUT2D eigenvalue weighted by molar-refractivity contribution is 5.84. The van der Waals surface area contributed by atoms with E-state index in [4.69, 9.17) is 0 Å². The monoisotopic (exact) mass is 274 g/mol. The summed E-state index contributed by atoms with van der Waals surface area (Å²) >= 11 is 0. The molecule has 0 N–H and O–H groups in total. The maximum atomic E-state index is 12.8. The number of hydrogen-bond acceptors (Lipinski definition) is 2. The molecule has 0 aliphatic carbocycles. The lowest BCUT2D eigenvalue weighted by Crippen LogP contribution is -2.49. The predicted molar refractivity (Wildman–Crippen MR) is 82.8 cm³/mol. The molecule has 0 aromatic heterocycles. The lowest BCUT2D eigenvalue weighted by Gasteiger charge is -2.35. The molecule has 1 heterocycles. The molecule has 1 saturated heterocycles. The number of nitrogens with zero attached hydrogens (tertiary/aromatic N) is 2. The second-order valence-electron chi connectivity index (χ2n) is 6.26. The van der Waals surface area contributed by atoms with Crippen molar-refractivity contribution in [1.82, 2.24) is 9.80 Å². The van der Waals surface area contributed by atoms with Gasteiger partial charge in [-0.1, -0.05) is 43.7 Å². The smallest absolute Gasteiger partial charge is 0.230 e. The van der Waals surface area contributed by atoms with Gasteiger partial charge in [-0.3, -0.25) is 4.79 Å². The Morgan fingerprint density at radius 2 is 1.60 bits per heavy atom. The van der Waals surface area contributed by atoms with Gasteiger partial charge in [-0.2, -0.15) is 0 Å². The molecule has 3 nitrogen and oxygen atoms in total. The third-order valence-corrected chi connectivity index (χ3v) is 4.18. The van der Waals surface area contributed by atoms with E-state index < -0.39 is 0 Å². The molecule has 3 heteroatoms. The van der Waals surface area contributed by atoms with Gasteiger partial charge >= 0.3 is 0 Å². The van der Waals surface area contributed by atoms with Crippen LogP contribution in [0.3, 0.4) is 0 Å². The average Bonchev–Trinajstić information content (AvgIpc) is 2.41. The molecular formula is C17H26N2O. The van der Waals surface area contributed by atoms with Crippen LogP contribution >= 0.6 is 0 Å². The summed E-state index contributed by atoms with van der Waals surface area (Å²) in [6.07, 6.45) is 0. The van der Waals surface area contributed by atoms with Gasteiger partial charge in [0.25, 0.3) is 0 Å². The van der Waals surface area contributed by atoms with Crippen LogP contribution in [0.5, 0.6) is 0 Å². The number of carbonyl (C=O) groups is 1. The summed E-state index contributed by atoms with van der Waals surface area (Å²) in [6, 6.07) is 8.41. The number of hydrogen-bond donors (Lipinski definition) is 0. The van der Waals surface area contributed by atoms with Crippen LogP contribution in [0, 0.1) is 12.8 Å². The molecule has 20 heavy (non-hydrogen) atoms. The van der Waals surface area contributed by atoms with Gasteiger partial charge in [0, 0.05) is 26.2 Å². The lowest BCUT2D eigenvalue weighted by atomic mass is 9.86. The summed E-state index contributed by atoms with van der Waals surface area (Å²) in [6.45, 7) is 10.0. The first-order valence-corrected chi connectivity index (χ1v) is 7.53. The minimum absolute atomic E-state index is 0.0148. The molecule has 1 atom stereocenters. The molecule has 1 unspecified atom stereocenters. The van der Waals surface area contributed by atoms with Gasteiger partial charge in [-0.25, -0.2) is 0 Å². The first-order valence-electron chi connectivity index (χ1n) is 7.53. The van der Waals surface area contributed by atoms with Crippen LogP contribution < -0.4 is 0 Å². The Hall–Kier alpha value is -1.35. The fourth-order valence-corrected chi connectivity index (χ4v) is 2.81. The van der Waals surface area contributed by atoms with Gasteiger partial charge in [0.1, 0.15) is 0 Å². The third kappa shape index (κ3) is 3.40. The molecule has 0 saturated carbocycles. The Kier molecular flexibility index (Phi) is 4.81. The fourth-order valence-electron chi connectivity index (χ4n) is 2.81. The van der Waals surface area contributed by atoms with Crippen LogP contribution in [0.1, 0.15) is 30.9 Å². The van der Waals surface area contributed by atoms with Gasteiger partial charge in [0.05, 0.1) is 5.92 Å². The minimum atomic E-state index is -0.0148. The molecule has 1 aromatic carbocycles. The van der Waals surface area contributed by atoms with Crippen molar-refractivity contribution >= 4 is 5.91 Å². The summed E-state index contributed by atoms with van der Waals surface area (Å²) in [5, 5.41) is 0. The van der Waals surface area contributed by atoms with Gasteiger partial charge in [-0.05, 0) is 25.5 Å². The molecule has 2 rings (SSSR count). The minimum Gasteiger partial charge on any atom is -0.340 e. The van der Waals surface area contributed by atoms with E-state index in [-0.39, 0.29) is 11.8 Å². The first-order chi connectivity index (χ1) is 9.49. The maximum Gasteiger partial charge on any atom is 0.230 e. The summed E-state index contributed by atoms with van der Waals surface area (Å²) in [7, 11) is 2.11. The van der Waals surface area contributed by atoms with Gasteiger partial charge in [0.2, 0.25) is 5.91 Å². The molecule has 1 aliphatic rings. The van der Waals surface area contributed by atoms with E-state index in [9.17, 15) is 4.79 Å². The van der Waals surface area contributed by atoms with Crippen molar-refractivity contribution in [3.8, 4) is 0 Å². The number of amides is 1. The molecule has 1 amide bonds. The topological polar surface area (TPSA) is 23.6 Å². The molecule has 1 aliphatic heterocycles. The van der Waals surface area contributed by atoms with E-state index in [0.29, 0.717) is 5.92 Å². The highest BCUT2D eigenvalue weighted by atomic mass is 16.2. The van der Waals surface area contributed by atoms with Gasteiger partial charge < -0.3 is 9.80 Å². The summed E-state index contributed by atoms with van der Waals surface area (Å²) < 4.78 is 0. The van der Waals surface area contributed by atoms with Gasteiger partial charge in [0.15, 0.2) is 0 Å². The highest BCUT2D eigenvalue weighted by Gasteiger charge is 2.29. The van der Waals surface area contributed by atoms with Crippen molar-refractivity contribution in [3.05, 3.63) is 35.4 Å². The normalized spacial score (nSPS) is 18.4. The predicted octanol–water partition coefficient (Wildman–Crippen LogP) is 2.51. The average molecular weight is 274 g/mol. The van der Waals surface area contributed by atoms with Crippen molar-refractivity contribution < 1.29 is 4.79 Å². The van der Waals surface area contributed by atoms with Crippen LogP contribution in [-0.4, -0.2) is 48.9 Å². The van der Waals surface area contributed by atoms with Crippen LogP contribution in [0.25, 0.3) is 0 Å². The van der Waals surface area contributed by atoms with E-state index in [0.717, 1.165) is 31.7 Å². The SMILES string of the molecule is Cc1ccc(C(C(=O)N2CCN(C)CC2)C(C)C)cc1. The van der Waals surface area contributed by atoms with Crippen molar-refractivity contribution in [2.75, 3.05) is 33.2 Å². The zero-order valence-corrected chi connectivity index (χ0v) is 13.1. The second kappa shape index (κ2) is 6.40. The van der Waals surface area contributed by atoms with Crippen molar-refractivity contribution in [3.63, 3.8) is 0 Å². The number of piperazine rings is 1. The number of likely N-dealkylation sites (N-methyl/N-ethyl adjacent to an activating group) is 1. The number of benzene rings is 1. The Balaban J connectivity index is 2.16. The zero-order valence-electron chi connectivity index (χ0n) is 13.1. The quantitative estimate of drug-likeness (QED) is 0.845. The summed E-state index contributed by atoms with van der Waals surface area (Å²) in [5.41, 5.74) is 2.39. The van der Waals surface area contributed by atoms with Crippen LogP contribution in [-0.2, 0) is 4.79 Å². The molecule has 0 radical (unpaired) electrons. The molecular weight excluding hydrogens is 248 g/mol. The van der Waals surface area contributed by atoms with E-state index in [1.54, 1.807) is 0 Å². The largest absolute Gasteiger partial charge is 0.340 e. The second-order valence-corrected chi connectivity index (χ2v) is 6.26. The van der Waals surface area contributed by atoms with E-state index in [1.807, 2.05) is 4.90 Å². The van der Waals surface area contributed by atoms with Crippen molar-refractivity contribution in [2.45, 2.75) is 26.7 Å². The van der Waals surface area contributed by atoms with Crippen LogP contribution in [0.4, 0.5) is 0 Å². The molecule has 1 fully saturated rings. The van der Waals surface area contributed by atoms with E-state index in [2.05, 4.69) is 57.0 Å². The number of carbonyl (C=O) groups excluding carboxylic acids is 1. The first kappa shape index (κ1) is 15.0. The molecule has 110 valence electrons. The summed E-state index contributed by atoms with van der Waals surface area (Å²) in [4.78, 5) is 17.1. The Labute approximate surface area is 122 Å². The maximum absolute atomic E-state index is 12.8. The molecule has 0 bridgehead atoms. The Morgan fingerprint density at radius 3 is 2.10 bits per heavy atom. The Morgan fingerprint density at radius 1 is 1.05 bits per heavy atom. The van der Waals surface area contributed by atoms with E-state index >= 15 is 0 Å². The van der Waals surface area contributed by atoms with Crippen molar-refractivity contribution in [2.24, 2.45) is 5.92 Å². The molecule has 1 aromatic rings. The van der Waals surface area contributed by atoms with Crippen molar-refractivity contribution in [1.29, 1.82) is 0 Å². The Bertz CT molecular complexity index is 445. The van der Waals surface area contributed by atoms with E-state index in [1.165, 1.54) is 5.56 Å². The highest BCUT2D eigenvalue weighted by Crippen LogP contribution is 2.27. The number of aryl methyl sites for hydroxylation is 1. The standard InChI is InChI=1S/C17H26N2O/c1-13(2)16(15-7-5-14(3)6-8-15)17(20)19-11-9-18(4)10-12-19/h5-8,13,16H,9-12H2,1-4H3. The number of rotatable bonds is 3. The molecule has 0 spiro atoms. The lowest BCUT2D eigenvalue weighted by molar-refractivity contribution is -0.135. The van der Waals surface area contributed by atoms with Crippen LogP contribution in [0.2, 0.25) is 0 Å².